The Kier molecular flexibility index (Phi) is 4.03. The molecule has 3 nitrogen and oxygen atoms in total. The molecule has 92 valence electrons. The van der Waals surface area contributed by atoms with Crippen LogP contribution >= 0.6 is 11.6 Å². The van der Waals surface area contributed by atoms with Gasteiger partial charge in [-0.3, -0.25) is 4.98 Å². The Labute approximate surface area is 111 Å². The number of fused-ring (bicyclic) bond motifs is 1. The number of nitrogens with zero attached hydrogens (tertiary/aromatic N) is 1. The fourth-order valence-corrected chi connectivity index (χ4v) is 1.89. The first-order chi connectivity index (χ1) is 8.74. The summed E-state index contributed by atoms with van der Waals surface area (Å²) in [5.41, 5.74) is 1.00. The molecule has 0 aliphatic carbocycles. The molecule has 4 heteroatoms. The Morgan fingerprint density at radius 1 is 1.50 bits per heavy atom. The van der Waals surface area contributed by atoms with Gasteiger partial charge in [-0.2, -0.15) is 0 Å². The molecule has 0 aliphatic rings. The van der Waals surface area contributed by atoms with Gasteiger partial charge in [-0.1, -0.05) is 23.4 Å². The highest BCUT2D eigenvalue weighted by Crippen LogP contribution is 2.32. The van der Waals surface area contributed by atoms with Crippen LogP contribution in [0.15, 0.2) is 24.4 Å². The molecule has 0 fully saturated rings. The molecule has 0 radical (unpaired) electrons. The zero-order chi connectivity index (χ0) is 13.0. The smallest absolute Gasteiger partial charge is 0.157 e. The minimum absolute atomic E-state index is 0.0898. The number of phenols is 1. The fourth-order valence-electron chi connectivity index (χ4n) is 1.63. The third kappa shape index (κ3) is 2.56. The molecule has 0 saturated carbocycles. The summed E-state index contributed by atoms with van der Waals surface area (Å²) < 4.78 is 0. The molecule has 0 spiro atoms. The third-order valence-corrected chi connectivity index (χ3v) is 2.85. The number of aromatic hydroxyl groups is 1. The van der Waals surface area contributed by atoms with E-state index in [1.54, 1.807) is 18.3 Å². The van der Waals surface area contributed by atoms with E-state index in [4.69, 9.17) is 11.6 Å². The molecule has 2 N–H and O–H groups in total. The number of rotatable bonds is 2. The lowest BCUT2D eigenvalue weighted by Gasteiger charge is -2.04. The maximum atomic E-state index is 10.1. The Bertz CT molecular complexity index is 629. The molecule has 0 saturated heterocycles. The molecule has 18 heavy (non-hydrogen) atoms. The summed E-state index contributed by atoms with van der Waals surface area (Å²) in [6.07, 6.45) is 2.34. The topological polar surface area (TPSA) is 45.2 Å². The van der Waals surface area contributed by atoms with Crippen molar-refractivity contribution >= 4 is 22.5 Å². The van der Waals surface area contributed by atoms with E-state index in [2.05, 4.69) is 22.1 Å². The average molecular weight is 261 g/mol. The molecular formula is C14H13ClN2O. The zero-order valence-corrected chi connectivity index (χ0v) is 10.8. The summed E-state index contributed by atoms with van der Waals surface area (Å²) >= 11 is 6.14. The van der Waals surface area contributed by atoms with Crippen LogP contribution in [-0.4, -0.2) is 23.7 Å². The molecule has 1 aromatic heterocycles. The van der Waals surface area contributed by atoms with Crippen LogP contribution in [0.5, 0.6) is 5.75 Å². The van der Waals surface area contributed by atoms with E-state index >= 15 is 0 Å². The van der Waals surface area contributed by atoms with E-state index in [9.17, 15) is 5.11 Å². The summed E-state index contributed by atoms with van der Waals surface area (Å²) in [5.74, 6) is 5.98. The lowest BCUT2D eigenvalue weighted by molar-refractivity contribution is 0.479. The van der Waals surface area contributed by atoms with Gasteiger partial charge in [0.2, 0.25) is 0 Å². The van der Waals surface area contributed by atoms with Crippen molar-refractivity contribution in [3.05, 3.63) is 35.0 Å². The van der Waals surface area contributed by atoms with Gasteiger partial charge in [0.1, 0.15) is 5.52 Å². The lowest BCUT2D eigenvalue weighted by atomic mass is 10.1. The van der Waals surface area contributed by atoms with E-state index in [1.807, 2.05) is 13.1 Å². The Morgan fingerprint density at radius 3 is 3.11 bits per heavy atom. The molecule has 0 bridgehead atoms. The van der Waals surface area contributed by atoms with Crippen molar-refractivity contribution in [2.45, 2.75) is 6.42 Å². The number of phenolic OH excluding ortho intramolecular Hbond substituents is 1. The molecule has 0 amide bonds. The van der Waals surface area contributed by atoms with Crippen molar-refractivity contribution in [3.8, 4) is 17.6 Å². The molecule has 2 aromatic rings. The van der Waals surface area contributed by atoms with Crippen LogP contribution in [0.25, 0.3) is 10.9 Å². The van der Waals surface area contributed by atoms with Crippen molar-refractivity contribution in [1.29, 1.82) is 0 Å². The van der Waals surface area contributed by atoms with Crippen molar-refractivity contribution < 1.29 is 5.11 Å². The van der Waals surface area contributed by atoms with Gasteiger partial charge in [0.05, 0.1) is 10.6 Å². The van der Waals surface area contributed by atoms with Crippen molar-refractivity contribution in [2.24, 2.45) is 0 Å². The van der Waals surface area contributed by atoms with Gasteiger partial charge >= 0.3 is 0 Å². The molecule has 2 rings (SSSR count). The van der Waals surface area contributed by atoms with E-state index in [-0.39, 0.29) is 5.75 Å². The summed E-state index contributed by atoms with van der Waals surface area (Å²) in [6, 6.07) is 5.28. The predicted octanol–water partition coefficient (Wildman–Crippen LogP) is 2.55. The summed E-state index contributed by atoms with van der Waals surface area (Å²) in [6.45, 7) is 0.813. The van der Waals surface area contributed by atoms with Gasteiger partial charge in [0.15, 0.2) is 5.75 Å². The standard InChI is InChI=1S/C14H13ClN2O/c1-16-7-3-2-5-10-9-12(15)11-6-4-8-17-13(11)14(10)18/h4,6,8-9,16,18H,3,7H2,1H3. The van der Waals surface area contributed by atoms with Crippen molar-refractivity contribution in [1.82, 2.24) is 10.3 Å². The summed E-state index contributed by atoms with van der Waals surface area (Å²) in [5, 5.41) is 14.4. The second kappa shape index (κ2) is 5.72. The number of hydrogen-bond donors (Lipinski definition) is 2. The maximum absolute atomic E-state index is 10.1. The van der Waals surface area contributed by atoms with Crippen LogP contribution in [0.1, 0.15) is 12.0 Å². The number of nitrogens with one attached hydrogen (secondary N) is 1. The molecular weight excluding hydrogens is 248 g/mol. The highest BCUT2D eigenvalue weighted by molar-refractivity contribution is 6.35. The van der Waals surface area contributed by atoms with E-state index < -0.39 is 0 Å². The molecule has 0 atom stereocenters. The second-order valence-corrected chi connectivity index (χ2v) is 4.22. The third-order valence-electron chi connectivity index (χ3n) is 2.54. The van der Waals surface area contributed by atoms with Gasteiger partial charge in [-0.05, 0) is 25.2 Å². The minimum atomic E-state index is 0.0898. The van der Waals surface area contributed by atoms with E-state index in [0.29, 0.717) is 22.5 Å². The summed E-state index contributed by atoms with van der Waals surface area (Å²) in [4.78, 5) is 4.13. The van der Waals surface area contributed by atoms with Crippen LogP contribution < -0.4 is 5.32 Å². The van der Waals surface area contributed by atoms with Crippen molar-refractivity contribution in [3.63, 3.8) is 0 Å². The Balaban J connectivity index is 2.45. The second-order valence-electron chi connectivity index (χ2n) is 3.81. The van der Waals surface area contributed by atoms with Gasteiger partial charge < -0.3 is 10.4 Å². The van der Waals surface area contributed by atoms with E-state index in [0.717, 1.165) is 11.9 Å². The SMILES string of the molecule is CNCCC#Cc1cc(Cl)c2cccnc2c1O. The van der Waals surface area contributed by atoms with Crippen LogP contribution in [0, 0.1) is 11.8 Å². The Hall–Kier alpha value is -1.76. The first-order valence-corrected chi connectivity index (χ1v) is 6.01. The van der Waals surface area contributed by atoms with Gasteiger partial charge in [0.25, 0.3) is 0 Å². The van der Waals surface area contributed by atoms with Crippen molar-refractivity contribution in [2.75, 3.05) is 13.6 Å². The van der Waals surface area contributed by atoms with Crippen LogP contribution in [-0.2, 0) is 0 Å². The first kappa shape index (κ1) is 12.7. The average Bonchev–Trinajstić information content (AvgIpc) is 2.40. The number of pyridine rings is 1. The number of benzene rings is 1. The monoisotopic (exact) mass is 260 g/mol. The lowest BCUT2D eigenvalue weighted by Crippen LogP contribution is -2.05. The van der Waals surface area contributed by atoms with Gasteiger partial charge in [-0.25, -0.2) is 0 Å². The van der Waals surface area contributed by atoms with Crippen LogP contribution in [0.2, 0.25) is 5.02 Å². The molecule has 1 aromatic carbocycles. The quantitative estimate of drug-likeness (QED) is 0.644. The van der Waals surface area contributed by atoms with Crippen LogP contribution in [0.4, 0.5) is 0 Å². The minimum Gasteiger partial charge on any atom is -0.504 e. The predicted molar refractivity (Wildman–Crippen MR) is 73.8 cm³/mol. The highest BCUT2D eigenvalue weighted by Gasteiger charge is 2.09. The van der Waals surface area contributed by atoms with Gasteiger partial charge in [-0.15, -0.1) is 0 Å². The van der Waals surface area contributed by atoms with Gasteiger partial charge in [0, 0.05) is 24.5 Å². The number of hydrogen-bond acceptors (Lipinski definition) is 3. The summed E-state index contributed by atoms with van der Waals surface area (Å²) in [7, 11) is 1.87. The molecule has 0 aliphatic heterocycles. The Morgan fingerprint density at radius 2 is 2.33 bits per heavy atom. The fraction of sp³-hybridized carbons (Fsp3) is 0.214. The number of aromatic nitrogens is 1. The van der Waals surface area contributed by atoms with Crippen LogP contribution in [0.3, 0.4) is 0 Å². The molecule has 1 heterocycles. The highest BCUT2D eigenvalue weighted by atomic mass is 35.5. The maximum Gasteiger partial charge on any atom is 0.157 e. The largest absolute Gasteiger partial charge is 0.504 e. The van der Waals surface area contributed by atoms with E-state index in [1.165, 1.54) is 0 Å². The first-order valence-electron chi connectivity index (χ1n) is 5.63. The zero-order valence-electron chi connectivity index (χ0n) is 10.00. The number of halogens is 1. The molecule has 0 unspecified atom stereocenters. The normalized spacial score (nSPS) is 10.1.